The van der Waals surface area contributed by atoms with Gasteiger partial charge in [-0.25, -0.2) is 4.79 Å². The lowest BCUT2D eigenvalue weighted by Gasteiger charge is -2.14. The molecule has 1 fully saturated rings. The molecule has 4 N–H and O–H groups in total. The SMILES string of the molecule is Cc1ccc(N)cc1NC(=O)CCCN1CCNC1=O. The van der Waals surface area contributed by atoms with Crippen molar-refractivity contribution in [2.75, 3.05) is 30.7 Å². The number of carbonyl (C=O) groups excluding carboxylic acids is 2. The van der Waals surface area contributed by atoms with Crippen molar-refractivity contribution >= 4 is 23.3 Å². The van der Waals surface area contributed by atoms with Gasteiger partial charge in [-0.3, -0.25) is 4.79 Å². The number of carbonyl (C=O) groups is 2. The van der Waals surface area contributed by atoms with E-state index in [1.54, 1.807) is 17.0 Å². The molecule has 0 atom stereocenters. The van der Waals surface area contributed by atoms with Crippen LogP contribution in [0.5, 0.6) is 0 Å². The second kappa shape index (κ2) is 6.27. The molecule has 6 nitrogen and oxygen atoms in total. The van der Waals surface area contributed by atoms with E-state index in [9.17, 15) is 9.59 Å². The summed E-state index contributed by atoms with van der Waals surface area (Å²) in [6.07, 6.45) is 1.04. The Labute approximate surface area is 118 Å². The van der Waals surface area contributed by atoms with E-state index in [0.29, 0.717) is 31.6 Å². The first-order valence-electron chi connectivity index (χ1n) is 6.75. The van der Waals surface area contributed by atoms with E-state index in [4.69, 9.17) is 5.73 Å². The molecule has 0 bridgehead atoms. The zero-order valence-electron chi connectivity index (χ0n) is 11.6. The van der Waals surface area contributed by atoms with Crippen LogP contribution in [0.1, 0.15) is 18.4 Å². The number of hydrogen-bond acceptors (Lipinski definition) is 3. The Morgan fingerprint density at radius 3 is 3.00 bits per heavy atom. The molecular formula is C14H20N4O2. The molecule has 2 rings (SSSR count). The summed E-state index contributed by atoms with van der Waals surface area (Å²) in [4.78, 5) is 24.9. The average molecular weight is 276 g/mol. The molecule has 0 aliphatic carbocycles. The summed E-state index contributed by atoms with van der Waals surface area (Å²) in [5.41, 5.74) is 8.05. The summed E-state index contributed by atoms with van der Waals surface area (Å²) >= 11 is 0. The van der Waals surface area contributed by atoms with Gasteiger partial charge in [-0.2, -0.15) is 0 Å². The molecule has 0 radical (unpaired) electrons. The fraction of sp³-hybridized carbons (Fsp3) is 0.429. The number of rotatable bonds is 5. The molecule has 6 heteroatoms. The van der Waals surface area contributed by atoms with Crippen LogP contribution in [0.4, 0.5) is 16.2 Å². The number of anilines is 2. The van der Waals surface area contributed by atoms with Crippen LogP contribution in [0.2, 0.25) is 0 Å². The van der Waals surface area contributed by atoms with Gasteiger partial charge in [0.05, 0.1) is 0 Å². The van der Waals surface area contributed by atoms with E-state index in [1.165, 1.54) is 0 Å². The summed E-state index contributed by atoms with van der Waals surface area (Å²) < 4.78 is 0. The standard InChI is InChI=1S/C14H20N4O2/c1-10-4-5-11(15)9-12(10)17-13(19)3-2-7-18-8-6-16-14(18)20/h4-5,9H,2-3,6-8,15H2,1H3,(H,16,20)(H,17,19). The van der Waals surface area contributed by atoms with Gasteiger partial charge in [0.15, 0.2) is 0 Å². The molecule has 3 amide bonds. The minimum Gasteiger partial charge on any atom is -0.399 e. The summed E-state index contributed by atoms with van der Waals surface area (Å²) in [7, 11) is 0. The van der Waals surface area contributed by atoms with Crippen LogP contribution in [-0.4, -0.2) is 36.5 Å². The molecule has 0 unspecified atom stereocenters. The zero-order chi connectivity index (χ0) is 14.5. The Balaban J connectivity index is 1.77. The number of nitrogens with zero attached hydrogens (tertiary/aromatic N) is 1. The van der Waals surface area contributed by atoms with E-state index in [0.717, 1.165) is 17.8 Å². The maximum Gasteiger partial charge on any atom is 0.317 e. The van der Waals surface area contributed by atoms with Crippen LogP contribution in [0.15, 0.2) is 18.2 Å². The number of aryl methyl sites for hydroxylation is 1. The number of hydrogen-bond donors (Lipinski definition) is 3. The first-order chi connectivity index (χ1) is 9.56. The number of nitrogens with one attached hydrogen (secondary N) is 2. The third-order valence-corrected chi connectivity index (χ3v) is 3.31. The molecule has 1 saturated heterocycles. The Bertz CT molecular complexity index is 516. The average Bonchev–Trinajstić information content (AvgIpc) is 2.80. The number of amides is 3. The lowest BCUT2D eigenvalue weighted by Crippen LogP contribution is -2.29. The van der Waals surface area contributed by atoms with Crippen molar-refractivity contribution in [2.24, 2.45) is 0 Å². The van der Waals surface area contributed by atoms with Gasteiger partial charge < -0.3 is 21.3 Å². The highest BCUT2D eigenvalue weighted by Gasteiger charge is 2.18. The highest BCUT2D eigenvalue weighted by Crippen LogP contribution is 2.18. The van der Waals surface area contributed by atoms with Gasteiger partial charge in [0.2, 0.25) is 5.91 Å². The van der Waals surface area contributed by atoms with Gasteiger partial charge in [0.25, 0.3) is 0 Å². The van der Waals surface area contributed by atoms with E-state index in [2.05, 4.69) is 10.6 Å². The molecule has 1 aliphatic heterocycles. The van der Waals surface area contributed by atoms with Gasteiger partial charge in [0, 0.05) is 37.4 Å². The first-order valence-corrected chi connectivity index (χ1v) is 6.75. The molecule has 1 aromatic rings. The molecule has 20 heavy (non-hydrogen) atoms. The van der Waals surface area contributed by atoms with Crippen molar-refractivity contribution in [1.29, 1.82) is 0 Å². The fourth-order valence-corrected chi connectivity index (χ4v) is 2.14. The minimum absolute atomic E-state index is 0.0444. The quantitative estimate of drug-likeness (QED) is 0.709. The third kappa shape index (κ3) is 3.63. The second-order valence-corrected chi connectivity index (χ2v) is 4.95. The molecule has 0 saturated carbocycles. The lowest BCUT2D eigenvalue weighted by atomic mass is 10.1. The van der Waals surface area contributed by atoms with Crippen LogP contribution in [0.3, 0.4) is 0 Å². The number of nitrogens with two attached hydrogens (primary N) is 1. The van der Waals surface area contributed by atoms with Crippen LogP contribution in [-0.2, 0) is 4.79 Å². The molecule has 0 spiro atoms. The minimum atomic E-state index is -0.0571. The molecule has 1 aromatic carbocycles. The Hall–Kier alpha value is -2.24. The Kier molecular flexibility index (Phi) is 4.45. The van der Waals surface area contributed by atoms with Crippen molar-refractivity contribution in [1.82, 2.24) is 10.2 Å². The van der Waals surface area contributed by atoms with Crippen molar-refractivity contribution < 1.29 is 9.59 Å². The summed E-state index contributed by atoms with van der Waals surface area (Å²) in [6, 6.07) is 5.38. The van der Waals surface area contributed by atoms with Gasteiger partial charge >= 0.3 is 6.03 Å². The zero-order valence-corrected chi connectivity index (χ0v) is 11.6. The van der Waals surface area contributed by atoms with E-state index in [-0.39, 0.29) is 11.9 Å². The molecule has 1 heterocycles. The van der Waals surface area contributed by atoms with E-state index in [1.807, 2.05) is 13.0 Å². The third-order valence-electron chi connectivity index (χ3n) is 3.31. The van der Waals surface area contributed by atoms with Gasteiger partial charge in [-0.1, -0.05) is 6.07 Å². The predicted molar refractivity (Wildman–Crippen MR) is 78.4 cm³/mol. The van der Waals surface area contributed by atoms with E-state index < -0.39 is 0 Å². The monoisotopic (exact) mass is 276 g/mol. The fourth-order valence-electron chi connectivity index (χ4n) is 2.14. The molecule has 108 valence electrons. The number of nitrogen functional groups attached to an aromatic ring is 1. The molecular weight excluding hydrogens is 256 g/mol. The van der Waals surface area contributed by atoms with Crippen LogP contribution < -0.4 is 16.4 Å². The largest absolute Gasteiger partial charge is 0.399 e. The summed E-state index contributed by atoms with van der Waals surface area (Å²) in [5.74, 6) is -0.0571. The van der Waals surface area contributed by atoms with Crippen molar-refractivity contribution in [3.63, 3.8) is 0 Å². The Morgan fingerprint density at radius 2 is 2.30 bits per heavy atom. The Morgan fingerprint density at radius 1 is 1.50 bits per heavy atom. The molecule has 0 aromatic heterocycles. The maximum atomic E-state index is 11.9. The smallest absolute Gasteiger partial charge is 0.317 e. The highest BCUT2D eigenvalue weighted by molar-refractivity contribution is 5.92. The normalized spacial score (nSPS) is 14.2. The van der Waals surface area contributed by atoms with Crippen molar-refractivity contribution in [3.05, 3.63) is 23.8 Å². The molecule has 1 aliphatic rings. The number of benzene rings is 1. The van der Waals surface area contributed by atoms with Crippen LogP contribution >= 0.6 is 0 Å². The van der Waals surface area contributed by atoms with E-state index >= 15 is 0 Å². The van der Waals surface area contributed by atoms with Gasteiger partial charge in [0.1, 0.15) is 0 Å². The highest BCUT2D eigenvalue weighted by atomic mass is 16.2. The van der Waals surface area contributed by atoms with Gasteiger partial charge in [-0.15, -0.1) is 0 Å². The van der Waals surface area contributed by atoms with Crippen LogP contribution in [0.25, 0.3) is 0 Å². The first kappa shape index (κ1) is 14.2. The number of urea groups is 1. The van der Waals surface area contributed by atoms with Crippen molar-refractivity contribution in [3.8, 4) is 0 Å². The van der Waals surface area contributed by atoms with Gasteiger partial charge in [-0.05, 0) is 31.0 Å². The lowest BCUT2D eigenvalue weighted by molar-refractivity contribution is -0.116. The van der Waals surface area contributed by atoms with Crippen molar-refractivity contribution in [2.45, 2.75) is 19.8 Å². The second-order valence-electron chi connectivity index (χ2n) is 4.95. The topological polar surface area (TPSA) is 87.5 Å². The maximum absolute atomic E-state index is 11.9. The summed E-state index contributed by atoms with van der Waals surface area (Å²) in [5, 5.41) is 5.58. The predicted octanol–water partition coefficient (Wildman–Crippen LogP) is 1.32. The van der Waals surface area contributed by atoms with Crippen LogP contribution in [0, 0.1) is 6.92 Å². The summed E-state index contributed by atoms with van der Waals surface area (Å²) in [6.45, 7) is 3.93.